The van der Waals surface area contributed by atoms with Crippen molar-refractivity contribution in [3.05, 3.63) is 59.2 Å². The number of pyridine rings is 1. The third-order valence-corrected chi connectivity index (χ3v) is 5.26. The van der Waals surface area contributed by atoms with Gasteiger partial charge in [-0.1, -0.05) is 19.9 Å². The van der Waals surface area contributed by atoms with Gasteiger partial charge in [0.05, 0.1) is 11.7 Å². The average Bonchev–Trinajstić information content (AvgIpc) is 2.48. The molecule has 1 N–H and O–H groups in total. The fraction of sp³-hybridized carbons (Fsp3) is 0.389. The standard InChI is InChI=1S/C18H19FN2/c1-18(2)13-7-5-11-4-3-9-20-16(11)17(13)21-15-8-6-12(19)10-14(15)18/h3-4,6,8-10,13,17,21H,5,7H2,1-2H3/t13-,17+/m1/s1. The van der Waals surface area contributed by atoms with Crippen molar-refractivity contribution >= 4 is 5.69 Å². The van der Waals surface area contributed by atoms with Gasteiger partial charge in [0, 0.05) is 11.9 Å². The molecule has 0 radical (unpaired) electrons. The molecule has 3 heteroatoms. The summed E-state index contributed by atoms with van der Waals surface area (Å²) in [4.78, 5) is 4.62. The van der Waals surface area contributed by atoms with E-state index in [1.807, 2.05) is 18.3 Å². The second-order valence-corrected chi connectivity index (χ2v) is 6.73. The summed E-state index contributed by atoms with van der Waals surface area (Å²) >= 11 is 0. The van der Waals surface area contributed by atoms with Crippen molar-refractivity contribution in [1.82, 2.24) is 4.98 Å². The molecule has 21 heavy (non-hydrogen) atoms. The molecule has 2 atom stereocenters. The highest BCUT2D eigenvalue weighted by Gasteiger charge is 2.45. The lowest BCUT2D eigenvalue weighted by atomic mass is 9.62. The summed E-state index contributed by atoms with van der Waals surface area (Å²) in [5, 5.41) is 3.61. The summed E-state index contributed by atoms with van der Waals surface area (Å²) in [6.45, 7) is 4.47. The molecule has 0 bridgehead atoms. The van der Waals surface area contributed by atoms with Crippen molar-refractivity contribution in [3.8, 4) is 0 Å². The van der Waals surface area contributed by atoms with E-state index in [0.717, 1.165) is 29.8 Å². The fourth-order valence-electron chi connectivity index (χ4n) is 4.10. The molecule has 0 fully saturated rings. The van der Waals surface area contributed by atoms with Crippen LogP contribution in [0.15, 0.2) is 36.5 Å². The fourth-order valence-corrected chi connectivity index (χ4v) is 4.10. The molecule has 0 spiro atoms. The Morgan fingerprint density at radius 3 is 3.00 bits per heavy atom. The average molecular weight is 282 g/mol. The van der Waals surface area contributed by atoms with E-state index in [0.29, 0.717) is 5.92 Å². The van der Waals surface area contributed by atoms with Crippen LogP contribution in [0, 0.1) is 11.7 Å². The molecule has 2 aromatic rings. The van der Waals surface area contributed by atoms with Crippen LogP contribution in [-0.2, 0) is 11.8 Å². The molecule has 1 aromatic carbocycles. The minimum absolute atomic E-state index is 0.0530. The van der Waals surface area contributed by atoms with Gasteiger partial charge in [-0.25, -0.2) is 4.39 Å². The molecule has 1 aliphatic heterocycles. The topological polar surface area (TPSA) is 24.9 Å². The number of nitrogens with zero attached hydrogens (tertiary/aromatic N) is 1. The zero-order chi connectivity index (χ0) is 14.6. The van der Waals surface area contributed by atoms with Crippen molar-refractivity contribution in [2.24, 2.45) is 5.92 Å². The number of benzene rings is 1. The van der Waals surface area contributed by atoms with Gasteiger partial charge in [-0.3, -0.25) is 4.98 Å². The summed E-state index contributed by atoms with van der Waals surface area (Å²) in [7, 11) is 0. The zero-order valence-electron chi connectivity index (χ0n) is 12.4. The minimum atomic E-state index is -0.156. The summed E-state index contributed by atoms with van der Waals surface area (Å²) in [6, 6.07) is 9.49. The Balaban J connectivity index is 1.88. The van der Waals surface area contributed by atoms with E-state index < -0.39 is 0 Å². The van der Waals surface area contributed by atoms with Gasteiger partial charge in [0.25, 0.3) is 0 Å². The van der Waals surface area contributed by atoms with Crippen LogP contribution in [0.2, 0.25) is 0 Å². The van der Waals surface area contributed by atoms with Crippen LogP contribution in [0.5, 0.6) is 0 Å². The lowest BCUT2D eigenvalue weighted by Crippen LogP contribution is -2.44. The normalized spacial score (nSPS) is 25.3. The highest BCUT2D eigenvalue weighted by molar-refractivity contribution is 5.60. The Bertz CT molecular complexity index is 708. The predicted octanol–water partition coefficient (Wildman–Crippen LogP) is 4.23. The Kier molecular flexibility index (Phi) is 2.62. The first-order valence-corrected chi connectivity index (χ1v) is 7.58. The second kappa shape index (κ2) is 4.30. The minimum Gasteiger partial charge on any atom is -0.376 e. The van der Waals surface area contributed by atoms with Crippen LogP contribution in [0.4, 0.5) is 10.1 Å². The molecule has 108 valence electrons. The third kappa shape index (κ3) is 1.80. The molecule has 0 saturated heterocycles. The number of hydrogen-bond donors (Lipinski definition) is 1. The first kappa shape index (κ1) is 12.8. The van der Waals surface area contributed by atoms with Gasteiger partial charge in [-0.15, -0.1) is 0 Å². The molecule has 2 aliphatic rings. The van der Waals surface area contributed by atoms with E-state index in [1.54, 1.807) is 6.07 Å². The van der Waals surface area contributed by atoms with Crippen molar-refractivity contribution in [2.45, 2.75) is 38.1 Å². The van der Waals surface area contributed by atoms with Gasteiger partial charge in [0.1, 0.15) is 5.82 Å². The number of halogens is 1. The number of hydrogen-bond acceptors (Lipinski definition) is 2. The van der Waals surface area contributed by atoms with Gasteiger partial charge in [-0.2, -0.15) is 0 Å². The van der Waals surface area contributed by atoms with E-state index in [2.05, 4.69) is 30.2 Å². The van der Waals surface area contributed by atoms with Gasteiger partial charge < -0.3 is 5.32 Å². The predicted molar refractivity (Wildman–Crippen MR) is 81.8 cm³/mol. The number of anilines is 1. The smallest absolute Gasteiger partial charge is 0.123 e. The molecule has 0 unspecified atom stereocenters. The van der Waals surface area contributed by atoms with Crippen LogP contribution in [0.3, 0.4) is 0 Å². The Morgan fingerprint density at radius 1 is 1.29 bits per heavy atom. The van der Waals surface area contributed by atoms with E-state index in [-0.39, 0.29) is 17.3 Å². The second-order valence-electron chi connectivity index (χ2n) is 6.73. The lowest BCUT2D eigenvalue weighted by molar-refractivity contribution is 0.235. The number of rotatable bonds is 0. The Morgan fingerprint density at radius 2 is 2.14 bits per heavy atom. The Hall–Kier alpha value is -1.90. The quantitative estimate of drug-likeness (QED) is 0.782. The van der Waals surface area contributed by atoms with Gasteiger partial charge in [-0.05, 0) is 59.6 Å². The maximum atomic E-state index is 13.7. The monoisotopic (exact) mass is 282 g/mol. The molecule has 4 rings (SSSR count). The maximum absolute atomic E-state index is 13.7. The van der Waals surface area contributed by atoms with Gasteiger partial charge in [0.2, 0.25) is 0 Å². The van der Waals surface area contributed by atoms with E-state index in [4.69, 9.17) is 0 Å². The van der Waals surface area contributed by atoms with Gasteiger partial charge >= 0.3 is 0 Å². The van der Waals surface area contributed by atoms with Crippen molar-refractivity contribution < 1.29 is 4.39 Å². The molecule has 1 aromatic heterocycles. The zero-order valence-corrected chi connectivity index (χ0v) is 12.4. The highest BCUT2D eigenvalue weighted by atomic mass is 19.1. The summed E-state index contributed by atoms with van der Waals surface area (Å²) < 4.78 is 13.7. The van der Waals surface area contributed by atoms with E-state index >= 15 is 0 Å². The molecular formula is C18H19FN2. The SMILES string of the molecule is CC1(C)c2cc(F)ccc2N[C@@H]2c3ncccc3CC[C@H]21. The Labute approximate surface area is 124 Å². The van der Waals surface area contributed by atoms with Crippen LogP contribution < -0.4 is 5.32 Å². The van der Waals surface area contributed by atoms with E-state index in [9.17, 15) is 4.39 Å². The lowest BCUT2D eigenvalue weighted by Gasteiger charge is -2.48. The molecule has 1 aliphatic carbocycles. The maximum Gasteiger partial charge on any atom is 0.123 e. The van der Waals surface area contributed by atoms with Gasteiger partial charge in [0.15, 0.2) is 0 Å². The summed E-state index contributed by atoms with van der Waals surface area (Å²) in [6.07, 6.45) is 4.04. The first-order valence-electron chi connectivity index (χ1n) is 7.58. The molecule has 0 amide bonds. The third-order valence-electron chi connectivity index (χ3n) is 5.26. The summed E-state index contributed by atoms with van der Waals surface area (Å²) in [5.74, 6) is 0.283. The first-order chi connectivity index (χ1) is 10.1. The number of aryl methyl sites for hydroxylation is 1. The summed E-state index contributed by atoms with van der Waals surface area (Å²) in [5.41, 5.74) is 4.58. The van der Waals surface area contributed by atoms with Crippen molar-refractivity contribution in [2.75, 3.05) is 5.32 Å². The number of nitrogens with one attached hydrogen (secondary N) is 1. The molecule has 0 saturated carbocycles. The van der Waals surface area contributed by atoms with Crippen molar-refractivity contribution in [1.29, 1.82) is 0 Å². The van der Waals surface area contributed by atoms with Crippen LogP contribution in [-0.4, -0.2) is 4.98 Å². The number of fused-ring (bicyclic) bond motifs is 4. The van der Waals surface area contributed by atoms with Crippen molar-refractivity contribution in [3.63, 3.8) is 0 Å². The van der Waals surface area contributed by atoms with E-state index in [1.165, 1.54) is 11.6 Å². The van der Waals surface area contributed by atoms with Crippen LogP contribution in [0.25, 0.3) is 0 Å². The van der Waals surface area contributed by atoms with Crippen LogP contribution in [0.1, 0.15) is 43.1 Å². The molecule has 2 nitrogen and oxygen atoms in total. The molecular weight excluding hydrogens is 263 g/mol. The highest BCUT2D eigenvalue weighted by Crippen LogP contribution is 2.52. The number of aromatic nitrogens is 1. The van der Waals surface area contributed by atoms with Crippen LogP contribution >= 0.6 is 0 Å². The molecule has 2 heterocycles. The largest absolute Gasteiger partial charge is 0.376 e.